The molecule has 3 aromatic rings. The molecule has 1 aromatic carbocycles. The lowest BCUT2D eigenvalue weighted by Gasteiger charge is -2.36. The van der Waals surface area contributed by atoms with Gasteiger partial charge in [0.15, 0.2) is 12.4 Å². The number of benzene rings is 1. The van der Waals surface area contributed by atoms with Gasteiger partial charge in [0.2, 0.25) is 0 Å². The fourth-order valence-corrected chi connectivity index (χ4v) is 4.34. The Kier molecular flexibility index (Phi) is 5.30. The zero-order valence-corrected chi connectivity index (χ0v) is 16.5. The highest BCUT2D eigenvalue weighted by Gasteiger charge is 2.35. The van der Waals surface area contributed by atoms with Crippen molar-refractivity contribution in [3.63, 3.8) is 0 Å². The van der Waals surface area contributed by atoms with Gasteiger partial charge in [-0.25, -0.2) is 9.78 Å². The van der Waals surface area contributed by atoms with Crippen LogP contribution in [0.5, 0.6) is 0 Å². The highest BCUT2D eigenvalue weighted by Crippen LogP contribution is 2.30. The van der Waals surface area contributed by atoms with Gasteiger partial charge in [0.25, 0.3) is 0 Å². The van der Waals surface area contributed by atoms with Gasteiger partial charge in [-0.2, -0.15) is 0 Å². The molecule has 146 valence electrons. The van der Waals surface area contributed by atoms with E-state index in [1.54, 1.807) is 0 Å². The Balaban J connectivity index is 1.68. The number of ether oxygens (including phenoxy) is 1. The van der Waals surface area contributed by atoms with Crippen molar-refractivity contribution in [2.75, 3.05) is 32.8 Å². The summed E-state index contributed by atoms with van der Waals surface area (Å²) < 4.78 is 5.18. The molecule has 0 spiro atoms. The van der Waals surface area contributed by atoms with Crippen molar-refractivity contribution in [1.29, 1.82) is 0 Å². The maximum absolute atomic E-state index is 12.1. The van der Waals surface area contributed by atoms with Crippen molar-refractivity contribution in [2.24, 2.45) is 0 Å². The van der Waals surface area contributed by atoms with Gasteiger partial charge >= 0.3 is 6.09 Å². The maximum Gasteiger partial charge on any atom is 0.410 e. The number of nitrogens with one attached hydrogen (secondary N) is 3. The molecule has 1 aliphatic rings. The van der Waals surface area contributed by atoms with Crippen LogP contribution in [0.2, 0.25) is 0 Å². The zero-order valence-electron chi connectivity index (χ0n) is 16.5. The first kappa shape index (κ1) is 18.5. The second kappa shape index (κ2) is 8.02. The Labute approximate surface area is 165 Å². The number of para-hydroxylation sites is 1. The summed E-state index contributed by atoms with van der Waals surface area (Å²) in [5.74, 6) is 0. The minimum absolute atomic E-state index is 0.200. The highest BCUT2D eigenvalue weighted by molar-refractivity contribution is 5.85. The van der Waals surface area contributed by atoms with Gasteiger partial charge in [-0.05, 0) is 26.0 Å². The first-order valence-corrected chi connectivity index (χ1v) is 9.98. The predicted octanol–water partition coefficient (Wildman–Crippen LogP) is 1.74. The normalized spacial score (nSPS) is 16.3. The molecular weight excluding hydrogens is 352 g/mol. The minimum Gasteiger partial charge on any atom is -0.450 e. The highest BCUT2D eigenvalue weighted by atomic mass is 16.6. The van der Waals surface area contributed by atoms with Gasteiger partial charge in [-0.1, -0.05) is 18.2 Å². The average Bonchev–Trinajstić information content (AvgIpc) is 3.06. The van der Waals surface area contributed by atoms with Crippen LogP contribution in [0.25, 0.3) is 10.9 Å². The van der Waals surface area contributed by atoms with E-state index < -0.39 is 0 Å². The number of H-pyrrole nitrogens is 2. The van der Waals surface area contributed by atoms with Crippen LogP contribution in [-0.2, 0) is 4.74 Å². The predicted molar refractivity (Wildman–Crippen MR) is 107 cm³/mol. The smallest absolute Gasteiger partial charge is 0.410 e. The van der Waals surface area contributed by atoms with E-state index in [9.17, 15) is 4.79 Å². The Morgan fingerprint density at radius 3 is 2.75 bits per heavy atom. The molecule has 3 heterocycles. The SMILES string of the molecule is CCOC(=O)N1CC[NH+](C(c2ccc[nH+]c2)c2c(C)[nH]c3ccccc23)CC1. The van der Waals surface area contributed by atoms with E-state index in [0.29, 0.717) is 19.7 Å². The number of piperazine rings is 1. The van der Waals surface area contributed by atoms with Crippen molar-refractivity contribution < 1.29 is 19.4 Å². The molecular formula is C22H28N4O2+2. The summed E-state index contributed by atoms with van der Waals surface area (Å²) in [5, 5.41) is 1.27. The number of aromatic nitrogens is 2. The van der Waals surface area contributed by atoms with Crippen LogP contribution < -0.4 is 9.88 Å². The monoisotopic (exact) mass is 380 g/mol. The van der Waals surface area contributed by atoms with Crippen LogP contribution in [0, 0.1) is 6.92 Å². The zero-order chi connectivity index (χ0) is 19.5. The van der Waals surface area contributed by atoms with Crippen molar-refractivity contribution >= 4 is 17.0 Å². The molecule has 6 nitrogen and oxygen atoms in total. The lowest BCUT2D eigenvalue weighted by molar-refractivity contribution is -0.929. The van der Waals surface area contributed by atoms with Crippen molar-refractivity contribution in [3.8, 4) is 0 Å². The molecule has 1 saturated heterocycles. The molecule has 1 amide bonds. The van der Waals surface area contributed by atoms with Crippen molar-refractivity contribution in [3.05, 3.63) is 65.6 Å². The fourth-order valence-electron chi connectivity index (χ4n) is 4.34. The van der Waals surface area contributed by atoms with Gasteiger partial charge in [0.1, 0.15) is 6.04 Å². The van der Waals surface area contributed by atoms with E-state index in [0.717, 1.165) is 13.1 Å². The van der Waals surface area contributed by atoms with Crippen molar-refractivity contribution in [2.45, 2.75) is 19.9 Å². The molecule has 0 aliphatic carbocycles. The van der Waals surface area contributed by atoms with Crippen LogP contribution in [0.3, 0.4) is 0 Å². The largest absolute Gasteiger partial charge is 0.450 e. The summed E-state index contributed by atoms with van der Waals surface area (Å²) >= 11 is 0. The number of aromatic amines is 2. The topological polar surface area (TPSA) is 63.9 Å². The van der Waals surface area contributed by atoms with E-state index in [1.807, 2.05) is 18.0 Å². The number of hydrogen-bond donors (Lipinski definition) is 2. The molecule has 1 aliphatic heterocycles. The molecule has 6 heteroatoms. The minimum atomic E-state index is -0.200. The van der Waals surface area contributed by atoms with E-state index >= 15 is 0 Å². The van der Waals surface area contributed by atoms with Crippen LogP contribution in [0.1, 0.15) is 29.8 Å². The van der Waals surface area contributed by atoms with Gasteiger partial charge in [0.05, 0.1) is 38.3 Å². The number of nitrogens with zero attached hydrogens (tertiary/aromatic N) is 1. The van der Waals surface area contributed by atoms with E-state index in [4.69, 9.17) is 4.74 Å². The number of amides is 1. The summed E-state index contributed by atoms with van der Waals surface area (Å²) in [6.07, 6.45) is 3.84. The second-order valence-corrected chi connectivity index (χ2v) is 7.32. The van der Waals surface area contributed by atoms with Crippen LogP contribution >= 0.6 is 0 Å². The van der Waals surface area contributed by atoms with Gasteiger partial charge in [-0.15, -0.1) is 0 Å². The van der Waals surface area contributed by atoms with Crippen molar-refractivity contribution in [1.82, 2.24) is 9.88 Å². The lowest BCUT2D eigenvalue weighted by Crippen LogP contribution is -3.15. The molecule has 0 saturated carbocycles. The third kappa shape index (κ3) is 3.47. The fraction of sp³-hybridized carbons (Fsp3) is 0.364. The number of fused-ring (bicyclic) bond motifs is 1. The van der Waals surface area contributed by atoms with Gasteiger partial charge in [0, 0.05) is 28.2 Å². The molecule has 1 fully saturated rings. The Bertz CT molecular complexity index is 946. The third-order valence-electron chi connectivity index (χ3n) is 5.64. The summed E-state index contributed by atoms with van der Waals surface area (Å²) in [4.78, 5) is 22.2. The summed E-state index contributed by atoms with van der Waals surface area (Å²) in [5.41, 5.74) is 4.98. The number of aryl methyl sites for hydroxylation is 1. The first-order chi connectivity index (χ1) is 13.7. The quantitative estimate of drug-likeness (QED) is 0.724. The second-order valence-electron chi connectivity index (χ2n) is 7.32. The van der Waals surface area contributed by atoms with Gasteiger partial charge in [-0.3, -0.25) is 4.90 Å². The summed E-state index contributed by atoms with van der Waals surface area (Å²) in [7, 11) is 0. The van der Waals surface area contributed by atoms with E-state index in [2.05, 4.69) is 59.5 Å². The molecule has 1 atom stereocenters. The Morgan fingerprint density at radius 2 is 2.04 bits per heavy atom. The molecule has 2 aromatic heterocycles. The van der Waals surface area contributed by atoms with E-state index in [-0.39, 0.29) is 12.1 Å². The summed E-state index contributed by atoms with van der Waals surface area (Å²) in [6, 6.07) is 12.9. The summed E-state index contributed by atoms with van der Waals surface area (Å²) in [6.45, 7) is 7.62. The Hall–Kier alpha value is -2.86. The molecule has 0 bridgehead atoms. The van der Waals surface area contributed by atoms with E-state index in [1.165, 1.54) is 32.6 Å². The number of carbonyl (C=O) groups is 1. The molecule has 28 heavy (non-hydrogen) atoms. The van der Waals surface area contributed by atoms with Gasteiger partial charge < -0.3 is 14.6 Å². The van der Waals surface area contributed by atoms with Crippen LogP contribution in [0.4, 0.5) is 4.79 Å². The molecule has 3 N–H and O–H groups in total. The number of rotatable bonds is 4. The maximum atomic E-state index is 12.1. The Morgan fingerprint density at radius 1 is 1.25 bits per heavy atom. The number of carbonyl (C=O) groups excluding carboxylic acids is 1. The molecule has 4 rings (SSSR count). The number of pyridine rings is 1. The number of quaternary nitrogens is 1. The standard InChI is InChI=1S/C22H26N4O2/c1-3-28-22(27)26-13-11-25(12-14-26)21(17-7-6-10-23-15-17)20-16(2)24-19-9-5-4-8-18(19)20/h4-10,15,21,24H,3,11-14H2,1-2H3/p+2. The number of hydrogen-bond acceptors (Lipinski definition) is 2. The molecule has 1 unspecified atom stereocenters. The van der Waals surface area contributed by atoms with Crippen LogP contribution in [0.15, 0.2) is 48.8 Å². The first-order valence-electron chi connectivity index (χ1n) is 9.98. The average molecular weight is 380 g/mol. The van der Waals surface area contributed by atoms with Crippen LogP contribution in [-0.4, -0.2) is 48.8 Å². The third-order valence-corrected chi connectivity index (χ3v) is 5.64. The molecule has 0 radical (unpaired) electrons. The lowest BCUT2D eigenvalue weighted by atomic mass is 9.95.